The summed E-state index contributed by atoms with van der Waals surface area (Å²) in [5.74, 6) is -1.54. The monoisotopic (exact) mass is 415 g/mol. The van der Waals surface area contributed by atoms with Gasteiger partial charge in [-0.15, -0.1) is 0 Å². The maximum Gasteiger partial charge on any atom is 0.323 e. The summed E-state index contributed by atoms with van der Waals surface area (Å²) in [7, 11) is -3.52. The molecule has 29 heavy (non-hydrogen) atoms. The third-order valence-corrected chi connectivity index (χ3v) is 6.64. The first kappa shape index (κ1) is 20.8. The smallest absolute Gasteiger partial charge is 0.323 e. The normalized spacial score (nSPS) is 12.1. The van der Waals surface area contributed by atoms with Crippen LogP contribution in [0.25, 0.3) is 10.9 Å². The van der Waals surface area contributed by atoms with E-state index in [-0.39, 0.29) is 23.6 Å². The maximum atomic E-state index is 13.9. The number of aromatic nitrogens is 1. The predicted molar refractivity (Wildman–Crippen MR) is 110 cm³/mol. The van der Waals surface area contributed by atoms with Crippen molar-refractivity contribution in [1.29, 1.82) is 0 Å². The van der Waals surface area contributed by atoms with Crippen LogP contribution in [-0.4, -0.2) is 29.8 Å². The molecule has 0 fully saturated rings. The lowest BCUT2D eigenvalue weighted by Gasteiger charge is -2.10. The van der Waals surface area contributed by atoms with E-state index >= 15 is 0 Å². The lowest BCUT2D eigenvalue weighted by molar-refractivity contribution is -0.137. The van der Waals surface area contributed by atoms with Gasteiger partial charge in [0.1, 0.15) is 12.4 Å². The van der Waals surface area contributed by atoms with Crippen molar-refractivity contribution in [2.45, 2.75) is 31.7 Å². The van der Waals surface area contributed by atoms with Crippen LogP contribution < -0.4 is 0 Å². The number of carbonyl (C=O) groups is 1. The maximum absolute atomic E-state index is 13.9. The Morgan fingerprint density at radius 3 is 2.62 bits per heavy atom. The first-order valence-electron chi connectivity index (χ1n) is 9.15. The Hall–Kier alpha value is -2.93. The Morgan fingerprint density at radius 1 is 1.21 bits per heavy atom. The minimum absolute atomic E-state index is 0.102. The molecule has 1 aromatic heterocycles. The Kier molecular flexibility index (Phi) is 5.88. The number of nitrogens with zero attached hydrogens (tertiary/aromatic N) is 1. The quantitative estimate of drug-likeness (QED) is 0.589. The number of sulfone groups is 1. The van der Waals surface area contributed by atoms with Gasteiger partial charge in [0.05, 0.1) is 10.6 Å². The average molecular weight is 415 g/mol. The minimum atomic E-state index is -3.52. The highest BCUT2D eigenvalue weighted by atomic mass is 32.2. The highest BCUT2D eigenvalue weighted by Gasteiger charge is 2.21. The molecule has 7 heteroatoms. The molecule has 0 radical (unpaired) electrons. The molecule has 5 nitrogen and oxygen atoms in total. The van der Waals surface area contributed by atoms with Crippen molar-refractivity contribution in [3.63, 3.8) is 0 Å². The fraction of sp³-hybridized carbons (Fsp3) is 0.227. The Balaban J connectivity index is 2.16. The van der Waals surface area contributed by atoms with Crippen LogP contribution in [0.1, 0.15) is 23.7 Å². The van der Waals surface area contributed by atoms with Gasteiger partial charge in [0.15, 0.2) is 9.84 Å². The zero-order valence-electron chi connectivity index (χ0n) is 16.2. The Labute approximate surface area is 169 Å². The van der Waals surface area contributed by atoms with Crippen LogP contribution >= 0.6 is 0 Å². The van der Waals surface area contributed by atoms with Crippen molar-refractivity contribution in [2.75, 3.05) is 5.75 Å². The number of allylic oxidation sites excluding steroid dienone is 1. The van der Waals surface area contributed by atoms with E-state index in [1.54, 1.807) is 60.9 Å². The van der Waals surface area contributed by atoms with Crippen molar-refractivity contribution in [1.82, 2.24) is 4.57 Å². The standard InChI is InChI=1S/C22H22FNO4S/c1-3-4-11-29(27,28)21-8-6-5-7-16(21)12-18-15(2)24(14-22(25)26)20-10-9-17(23)13-19(18)20/h3-10,13H,11-12,14H2,1-2H3,(H,25,26). The Bertz CT molecular complexity index is 1210. The first-order chi connectivity index (χ1) is 13.7. The summed E-state index contributed by atoms with van der Waals surface area (Å²) in [5, 5.41) is 9.84. The first-order valence-corrected chi connectivity index (χ1v) is 10.8. The third-order valence-electron chi connectivity index (χ3n) is 4.94. The third kappa shape index (κ3) is 4.24. The SMILES string of the molecule is CC=CCS(=O)(=O)c1ccccc1Cc1c(C)n(CC(=O)O)c2ccc(F)cc12. The van der Waals surface area contributed by atoms with E-state index in [0.29, 0.717) is 22.2 Å². The molecule has 0 bridgehead atoms. The molecule has 3 rings (SSSR count). The van der Waals surface area contributed by atoms with E-state index in [1.807, 2.05) is 0 Å². The van der Waals surface area contributed by atoms with E-state index in [1.165, 1.54) is 12.1 Å². The highest BCUT2D eigenvalue weighted by Crippen LogP contribution is 2.30. The van der Waals surface area contributed by atoms with Gasteiger partial charge in [0.25, 0.3) is 0 Å². The zero-order chi connectivity index (χ0) is 21.2. The van der Waals surface area contributed by atoms with Crippen molar-refractivity contribution in [3.8, 4) is 0 Å². The fourth-order valence-corrected chi connectivity index (χ4v) is 4.99. The van der Waals surface area contributed by atoms with Gasteiger partial charge in [-0.1, -0.05) is 30.4 Å². The summed E-state index contributed by atoms with van der Waals surface area (Å²) in [4.78, 5) is 11.5. The van der Waals surface area contributed by atoms with Gasteiger partial charge in [0.2, 0.25) is 0 Å². The second kappa shape index (κ2) is 8.21. The molecule has 0 saturated heterocycles. The second-order valence-electron chi connectivity index (χ2n) is 6.84. The molecule has 0 unspecified atom stereocenters. The van der Waals surface area contributed by atoms with Gasteiger partial charge >= 0.3 is 5.97 Å². The van der Waals surface area contributed by atoms with Crippen molar-refractivity contribution in [2.24, 2.45) is 0 Å². The van der Waals surface area contributed by atoms with Gasteiger partial charge in [0, 0.05) is 23.0 Å². The number of fused-ring (bicyclic) bond motifs is 1. The molecule has 0 aliphatic carbocycles. The lowest BCUT2D eigenvalue weighted by atomic mass is 10.0. The van der Waals surface area contributed by atoms with Crippen LogP contribution in [0.2, 0.25) is 0 Å². The lowest BCUT2D eigenvalue weighted by Crippen LogP contribution is -2.11. The van der Waals surface area contributed by atoms with Crippen molar-refractivity contribution < 1.29 is 22.7 Å². The van der Waals surface area contributed by atoms with E-state index in [9.17, 15) is 22.7 Å². The second-order valence-corrected chi connectivity index (χ2v) is 8.84. The molecular weight excluding hydrogens is 393 g/mol. The summed E-state index contributed by atoms with van der Waals surface area (Å²) < 4.78 is 41.1. The molecule has 3 aromatic rings. The van der Waals surface area contributed by atoms with E-state index in [2.05, 4.69) is 0 Å². The number of carboxylic acids is 1. The summed E-state index contributed by atoms with van der Waals surface area (Å²) in [6.07, 6.45) is 3.53. The van der Waals surface area contributed by atoms with Gasteiger partial charge in [-0.25, -0.2) is 12.8 Å². The van der Waals surface area contributed by atoms with Crippen LogP contribution in [0.5, 0.6) is 0 Å². The minimum Gasteiger partial charge on any atom is -0.480 e. The number of hydrogen-bond acceptors (Lipinski definition) is 3. The topological polar surface area (TPSA) is 76.4 Å². The zero-order valence-corrected chi connectivity index (χ0v) is 17.0. The highest BCUT2D eigenvalue weighted by molar-refractivity contribution is 7.91. The van der Waals surface area contributed by atoms with Gasteiger partial charge in [-0.2, -0.15) is 0 Å². The summed E-state index contributed by atoms with van der Waals surface area (Å²) in [6.45, 7) is 3.28. The number of aliphatic carboxylic acids is 1. The van der Waals surface area contributed by atoms with Crippen LogP contribution in [0.4, 0.5) is 4.39 Å². The molecule has 0 aliphatic rings. The van der Waals surface area contributed by atoms with E-state index in [0.717, 1.165) is 5.56 Å². The molecular formula is C22H22FNO4S. The molecule has 0 amide bonds. The van der Waals surface area contributed by atoms with Gasteiger partial charge in [-0.05, 0) is 49.2 Å². The van der Waals surface area contributed by atoms with Crippen LogP contribution in [0, 0.1) is 12.7 Å². The van der Waals surface area contributed by atoms with Gasteiger partial charge in [-0.3, -0.25) is 4.79 Å². The number of benzene rings is 2. The van der Waals surface area contributed by atoms with Crippen LogP contribution in [0.15, 0.2) is 59.5 Å². The van der Waals surface area contributed by atoms with E-state index in [4.69, 9.17) is 0 Å². The molecule has 0 atom stereocenters. The summed E-state index contributed by atoms with van der Waals surface area (Å²) in [5.41, 5.74) is 2.59. The number of rotatable bonds is 7. The van der Waals surface area contributed by atoms with Gasteiger partial charge < -0.3 is 9.67 Å². The summed E-state index contributed by atoms with van der Waals surface area (Å²) >= 11 is 0. The number of halogens is 1. The number of carboxylic acid groups (broad SMARTS) is 1. The molecule has 0 spiro atoms. The largest absolute Gasteiger partial charge is 0.480 e. The van der Waals surface area contributed by atoms with Crippen LogP contribution in [-0.2, 0) is 27.6 Å². The van der Waals surface area contributed by atoms with Crippen molar-refractivity contribution in [3.05, 3.63) is 77.3 Å². The average Bonchev–Trinajstić information content (AvgIpc) is 2.91. The van der Waals surface area contributed by atoms with Crippen molar-refractivity contribution >= 4 is 26.7 Å². The molecule has 0 saturated carbocycles. The molecule has 152 valence electrons. The summed E-state index contributed by atoms with van der Waals surface area (Å²) in [6, 6.07) is 11.0. The van der Waals surface area contributed by atoms with E-state index < -0.39 is 21.6 Å². The fourth-order valence-electron chi connectivity index (χ4n) is 3.54. The Morgan fingerprint density at radius 2 is 1.93 bits per heavy atom. The molecule has 1 heterocycles. The van der Waals surface area contributed by atoms with Crippen LogP contribution in [0.3, 0.4) is 0 Å². The molecule has 0 aliphatic heterocycles. The predicted octanol–water partition coefficient (Wildman–Crippen LogP) is 4.11. The number of hydrogen-bond donors (Lipinski definition) is 1. The molecule has 1 N–H and O–H groups in total. The molecule has 2 aromatic carbocycles.